The highest BCUT2D eigenvalue weighted by atomic mass is 35.5. The van der Waals surface area contributed by atoms with Crippen molar-refractivity contribution in [2.24, 2.45) is 0 Å². The fourth-order valence-corrected chi connectivity index (χ4v) is 0.784. The third kappa shape index (κ3) is 3.41. The highest BCUT2D eigenvalue weighted by Crippen LogP contribution is 2.37. The molecule has 2 N–H and O–H groups in total. The summed E-state index contributed by atoms with van der Waals surface area (Å²) >= 11 is 0. The quantitative estimate of drug-likeness (QED) is 0.657. The smallest absolute Gasteiger partial charge is 0.426 e. The molecule has 8 heteroatoms. The van der Waals surface area contributed by atoms with Gasteiger partial charge in [0.1, 0.15) is 5.75 Å². The van der Waals surface area contributed by atoms with E-state index < -0.39 is 18.0 Å². The number of alkyl halides is 5. The molecule has 0 aromatic heterocycles. The summed E-state index contributed by atoms with van der Waals surface area (Å²) in [6.45, 7) is 0. The zero-order valence-corrected chi connectivity index (χ0v) is 8.41. The second-order valence-electron chi connectivity index (χ2n) is 2.69. The molecule has 0 fully saturated rings. The molecule has 0 aliphatic heterocycles. The predicted octanol–water partition coefficient (Wildman–Crippen LogP) is 3.22. The lowest BCUT2D eigenvalue weighted by atomic mass is 10.3. The largest absolute Gasteiger partial charge is 0.499 e. The van der Waals surface area contributed by atoms with Crippen molar-refractivity contribution in [3.63, 3.8) is 0 Å². The van der Waals surface area contributed by atoms with Gasteiger partial charge in [0.2, 0.25) is 0 Å². The Labute approximate surface area is 93.6 Å². The topological polar surface area (TPSA) is 35.2 Å². The van der Waals surface area contributed by atoms with Crippen LogP contribution in [0.1, 0.15) is 0 Å². The minimum atomic E-state index is -5.75. The first kappa shape index (κ1) is 14.8. The standard InChI is InChI=1S/C8H6F5NO.ClH/c9-7(10,11)8(12,13)15-6-3-1-2-5(14)4-6;/h1-4H,14H2;1H. The summed E-state index contributed by atoms with van der Waals surface area (Å²) in [7, 11) is 0. The fourth-order valence-electron chi connectivity index (χ4n) is 0.784. The van der Waals surface area contributed by atoms with E-state index >= 15 is 0 Å². The Balaban J connectivity index is 0.00000225. The highest BCUT2D eigenvalue weighted by molar-refractivity contribution is 5.85. The zero-order valence-electron chi connectivity index (χ0n) is 7.59. The van der Waals surface area contributed by atoms with E-state index in [0.29, 0.717) is 0 Å². The summed E-state index contributed by atoms with van der Waals surface area (Å²) in [5.74, 6) is -0.641. The Morgan fingerprint density at radius 3 is 2.06 bits per heavy atom. The van der Waals surface area contributed by atoms with Crippen molar-refractivity contribution in [3.8, 4) is 5.75 Å². The van der Waals surface area contributed by atoms with E-state index in [2.05, 4.69) is 4.74 Å². The van der Waals surface area contributed by atoms with E-state index in [1.165, 1.54) is 12.1 Å². The SMILES string of the molecule is Cl.Nc1cccc(OC(F)(F)C(F)(F)F)c1. The van der Waals surface area contributed by atoms with Gasteiger partial charge in [-0.3, -0.25) is 0 Å². The molecule has 0 bridgehead atoms. The van der Waals surface area contributed by atoms with Crippen LogP contribution >= 0.6 is 12.4 Å². The Morgan fingerprint density at radius 1 is 1.06 bits per heavy atom. The van der Waals surface area contributed by atoms with Crippen LogP contribution in [0.3, 0.4) is 0 Å². The van der Waals surface area contributed by atoms with Crippen molar-refractivity contribution in [1.82, 2.24) is 0 Å². The Kier molecular flexibility index (Phi) is 4.36. The molecule has 0 saturated heterocycles. The van der Waals surface area contributed by atoms with E-state index in [0.717, 1.165) is 12.1 Å². The monoisotopic (exact) mass is 263 g/mol. The molecule has 2 nitrogen and oxygen atoms in total. The molecule has 0 aliphatic carbocycles. The molecule has 1 aromatic rings. The number of nitrogens with two attached hydrogens (primary N) is 1. The molecule has 0 amide bonds. The maximum atomic E-state index is 12.4. The van der Waals surface area contributed by atoms with Gasteiger partial charge in [-0.05, 0) is 12.1 Å². The number of benzene rings is 1. The molecular weight excluding hydrogens is 257 g/mol. The molecule has 0 unspecified atom stereocenters. The van der Waals surface area contributed by atoms with Crippen LogP contribution in [0.5, 0.6) is 5.75 Å². The summed E-state index contributed by atoms with van der Waals surface area (Å²) in [5.41, 5.74) is 5.21. The molecule has 0 spiro atoms. The number of hydrogen-bond acceptors (Lipinski definition) is 2. The van der Waals surface area contributed by atoms with Crippen LogP contribution in [0.2, 0.25) is 0 Å². The van der Waals surface area contributed by atoms with Gasteiger partial charge in [-0.2, -0.15) is 22.0 Å². The maximum absolute atomic E-state index is 12.4. The molecule has 16 heavy (non-hydrogen) atoms. The summed E-state index contributed by atoms with van der Waals surface area (Å²) < 4.78 is 63.4. The lowest BCUT2D eigenvalue weighted by Crippen LogP contribution is -2.41. The zero-order chi connectivity index (χ0) is 11.7. The summed E-state index contributed by atoms with van der Waals surface area (Å²) in [6.07, 6.45) is -11.0. The number of ether oxygens (including phenoxy) is 1. The van der Waals surface area contributed by atoms with Gasteiger partial charge in [-0.1, -0.05) is 6.07 Å². The van der Waals surface area contributed by atoms with E-state index in [1.54, 1.807) is 0 Å². The summed E-state index contributed by atoms with van der Waals surface area (Å²) in [5, 5.41) is 0. The first-order valence-electron chi connectivity index (χ1n) is 3.71. The van der Waals surface area contributed by atoms with Crippen molar-refractivity contribution in [1.29, 1.82) is 0 Å². The number of nitrogen functional groups attached to an aromatic ring is 1. The number of rotatable bonds is 2. The number of anilines is 1. The lowest BCUT2D eigenvalue weighted by molar-refractivity contribution is -0.360. The average molecular weight is 264 g/mol. The molecular formula is C8H7ClF5NO. The van der Waals surface area contributed by atoms with Crippen molar-refractivity contribution >= 4 is 18.1 Å². The van der Waals surface area contributed by atoms with Gasteiger partial charge in [0.05, 0.1) is 0 Å². The highest BCUT2D eigenvalue weighted by Gasteiger charge is 2.61. The Hall–Kier alpha value is -1.24. The average Bonchev–Trinajstić information content (AvgIpc) is 2.00. The van der Waals surface area contributed by atoms with Crippen molar-refractivity contribution < 1.29 is 26.7 Å². The van der Waals surface area contributed by atoms with Crippen LogP contribution < -0.4 is 10.5 Å². The van der Waals surface area contributed by atoms with E-state index in [-0.39, 0.29) is 18.1 Å². The molecule has 0 saturated carbocycles. The van der Waals surface area contributed by atoms with Crippen LogP contribution in [-0.4, -0.2) is 12.3 Å². The second-order valence-corrected chi connectivity index (χ2v) is 2.69. The maximum Gasteiger partial charge on any atom is 0.499 e. The van der Waals surface area contributed by atoms with Crippen LogP contribution in [-0.2, 0) is 0 Å². The van der Waals surface area contributed by atoms with Gasteiger partial charge < -0.3 is 10.5 Å². The van der Waals surface area contributed by atoms with Gasteiger partial charge in [0.25, 0.3) is 0 Å². The van der Waals surface area contributed by atoms with Crippen LogP contribution in [0.4, 0.5) is 27.6 Å². The molecule has 0 radical (unpaired) electrons. The third-order valence-electron chi connectivity index (χ3n) is 1.43. The van der Waals surface area contributed by atoms with Crippen molar-refractivity contribution in [3.05, 3.63) is 24.3 Å². The lowest BCUT2D eigenvalue weighted by Gasteiger charge is -2.20. The van der Waals surface area contributed by atoms with Crippen molar-refractivity contribution in [2.45, 2.75) is 12.3 Å². The number of halogens is 6. The minimum Gasteiger partial charge on any atom is -0.426 e. The van der Waals surface area contributed by atoms with Gasteiger partial charge in [0.15, 0.2) is 0 Å². The van der Waals surface area contributed by atoms with E-state index in [1.807, 2.05) is 0 Å². The predicted molar refractivity (Wildman–Crippen MR) is 49.7 cm³/mol. The second kappa shape index (κ2) is 4.73. The van der Waals surface area contributed by atoms with Gasteiger partial charge >= 0.3 is 12.3 Å². The third-order valence-corrected chi connectivity index (χ3v) is 1.43. The molecule has 0 heterocycles. The molecule has 0 atom stereocenters. The van der Waals surface area contributed by atoms with Crippen molar-refractivity contribution in [2.75, 3.05) is 5.73 Å². The molecule has 0 aliphatic rings. The summed E-state index contributed by atoms with van der Waals surface area (Å²) in [6, 6.07) is 4.37. The minimum absolute atomic E-state index is 0. The van der Waals surface area contributed by atoms with Gasteiger partial charge in [-0.15, -0.1) is 12.4 Å². The van der Waals surface area contributed by atoms with E-state index in [4.69, 9.17) is 5.73 Å². The Morgan fingerprint density at radius 2 is 1.62 bits per heavy atom. The first-order chi connectivity index (χ1) is 6.72. The summed E-state index contributed by atoms with van der Waals surface area (Å²) in [4.78, 5) is 0. The Bertz CT molecular complexity index is 355. The van der Waals surface area contributed by atoms with Crippen LogP contribution in [0, 0.1) is 0 Å². The molecule has 92 valence electrons. The first-order valence-corrected chi connectivity index (χ1v) is 3.71. The normalized spacial score (nSPS) is 11.8. The van der Waals surface area contributed by atoms with Gasteiger partial charge in [-0.25, -0.2) is 0 Å². The van der Waals surface area contributed by atoms with Gasteiger partial charge in [0, 0.05) is 11.8 Å². The van der Waals surface area contributed by atoms with Crippen LogP contribution in [0.25, 0.3) is 0 Å². The van der Waals surface area contributed by atoms with E-state index in [9.17, 15) is 22.0 Å². The molecule has 1 rings (SSSR count). The fraction of sp³-hybridized carbons (Fsp3) is 0.250. The van der Waals surface area contributed by atoms with Crippen LogP contribution in [0.15, 0.2) is 24.3 Å². The number of hydrogen-bond donors (Lipinski definition) is 1. The molecule has 1 aromatic carbocycles.